The molecule has 0 aliphatic carbocycles. The zero-order valence-electron chi connectivity index (χ0n) is 11.5. The number of amides is 1. The first-order valence-electron chi connectivity index (χ1n) is 6.07. The minimum Gasteiger partial charge on any atom is -0.478 e. The Morgan fingerprint density at radius 1 is 1.33 bits per heavy atom. The first kappa shape index (κ1) is 14.4. The first-order chi connectivity index (χ1) is 9.97. The highest BCUT2D eigenvalue weighted by molar-refractivity contribution is 6.04. The third kappa shape index (κ3) is 3.53. The SMILES string of the molecule is Cc1noc(NC(=O)c2cncc(C=CC(=O)O)c2)c1C. The second-order valence-electron chi connectivity index (χ2n) is 4.35. The van der Waals surface area contributed by atoms with Gasteiger partial charge in [-0.15, -0.1) is 0 Å². The summed E-state index contributed by atoms with van der Waals surface area (Å²) in [6, 6.07) is 1.53. The number of aryl methyl sites for hydroxylation is 1. The molecule has 7 nitrogen and oxygen atoms in total. The summed E-state index contributed by atoms with van der Waals surface area (Å²) >= 11 is 0. The van der Waals surface area contributed by atoms with Crippen molar-refractivity contribution in [3.8, 4) is 0 Å². The van der Waals surface area contributed by atoms with E-state index in [0.717, 1.165) is 11.6 Å². The Morgan fingerprint density at radius 2 is 2.10 bits per heavy atom. The highest BCUT2D eigenvalue weighted by Gasteiger charge is 2.13. The smallest absolute Gasteiger partial charge is 0.328 e. The molecule has 2 aromatic heterocycles. The van der Waals surface area contributed by atoms with Gasteiger partial charge in [-0.05, 0) is 31.6 Å². The lowest BCUT2D eigenvalue weighted by Crippen LogP contribution is -2.12. The maximum Gasteiger partial charge on any atom is 0.328 e. The Balaban J connectivity index is 2.18. The van der Waals surface area contributed by atoms with Crippen molar-refractivity contribution in [2.45, 2.75) is 13.8 Å². The second kappa shape index (κ2) is 6.00. The molecule has 2 rings (SSSR count). The summed E-state index contributed by atoms with van der Waals surface area (Å²) < 4.78 is 5.00. The fourth-order valence-corrected chi connectivity index (χ4v) is 1.55. The molecule has 2 heterocycles. The van der Waals surface area contributed by atoms with Crippen molar-refractivity contribution in [2.24, 2.45) is 0 Å². The van der Waals surface area contributed by atoms with Gasteiger partial charge in [0.25, 0.3) is 5.91 Å². The number of rotatable bonds is 4. The van der Waals surface area contributed by atoms with Gasteiger partial charge in [0.1, 0.15) is 0 Å². The lowest BCUT2D eigenvalue weighted by atomic mass is 10.2. The van der Waals surface area contributed by atoms with E-state index in [-0.39, 0.29) is 11.4 Å². The van der Waals surface area contributed by atoms with E-state index in [0.29, 0.717) is 11.3 Å². The Labute approximate surface area is 120 Å². The molecule has 0 aromatic carbocycles. The number of carboxylic acid groups (broad SMARTS) is 1. The molecule has 108 valence electrons. The van der Waals surface area contributed by atoms with E-state index in [1.54, 1.807) is 13.8 Å². The van der Waals surface area contributed by atoms with Crippen molar-refractivity contribution >= 4 is 23.8 Å². The molecule has 2 N–H and O–H groups in total. The van der Waals surface area contributed by atoms with Gasteiger partial charge in [-0.3, -0.25) is 15.1 Å². The third-order valence-electron chi connectivity index (χ3n) is 2.82. The van der Waals surface area contributed by atoms with Crippen LogP contribution in [0.5, 0.6) is 0 Å². The van der Waals surface area contributed by atoms with Gasteiger partial charge in [-0.2, -0.15) is 0 Å². The summed E-state index contributed by atoms with van der Waals surface area (Å²) in [6.07, 6.45) is 5.17. The van der Waals surface area contributed by atoms with Crippen LogP contribution in [0, 0.1) is 13.8 Å². The number of carboxylic acids is 1. The van der Waals surface area contributed by atoms with Gasteiger partial charge in [-0.25, -0.2) is 4.79 Å². The predicted octanol–water partition coefficient (Wildman–Crippen LogP) is 2.04. The van der Waals surface area contributed by atoms with Crippen molar-refractivity contribution in [3.05, 3.63) is 46.9 Å². The van der Waals surface area contributed by atoms with Crippen LogP contribution in [0.15, 0.2) is 29.1 Å². The summed E-state index contributed by atoms with van der Waals surface area (Å²) in [6.45, 7) is 3.55. The number of hydrogen-bond acceptors (Lipinski definition) is 5. The van der Waals surface area contributed by atoms with Gasteiger partial charge < -0.3 is 9.63 Å². The minimum absolute atomic E-state index is 0.281. The van der Waals surface area contributed by atoms with Gasteiger partial charge in [0.2, 0.25) is 5.88 Å². The molecule has 0 atom stereocenters. The first-order valence-corrected chi connectivity index (χ1v) is 6.07. The number of carbonyl (C=O) groups excluding carboxylic acids is 1. The minimum atomic E-state index is -1.07. The van der Waals surface area contributed by atoms with Gasteiger partial charge >= 0.3 is 5.97 Å². The average molecular weight is 287 g/mol. The highest BCUT2D eigenvalue weighted by Crippen LogP contribution is 2.18. The summed E-state index contributed by atoms with van der Waals surface area (Å²) in [7, 11) is 0. The molecule has 2 aromatic rings. The number of aliphatic carboxylic acids is 1. The van der Waals surface area contributed by atoms with Crippen molar-refractivity contribution in [1.29, 1.82) is 0 Å². The molecule has 21 heavy (non-hydrogen) atoms. The maximum atomic E-state index is 12.1. The number of aromatic nitrogens is 2. The van der Waals surface area contributed by atoms with Gasteiger partial charge in [0.15, 0.2) is 0 Å². The van der Waals surface area contributed by atoms with Crippen molar-refractivity contribution in [3.63, 3.8) is 0 Å². The van der Waals surface area contributed by atoms with E-state index in [2.05, 4.69) is 15.5 Å². The van der Waals surface area contributed by atoms with E-state index in [9.17, 15) is 9.59 Å². The fraction of sp³-hybridized carbons (Fsp3) is 0.143. The molecule has 0 fully saturated rings. The number of pyridine rings is 1. The van der Waals surface area contributed by atoms with Crippen LogP contribution in [0.3, 0.4) is 0 Å². The average Bonchev–Trinajstić information content (AvgIpc) is 2.77. The quantitative estimate of drug-likeness (QED) is 0.833. The Kier molecular flexibility index (Phi) is 4.13. The van der Waals surface area contributed by atoms with Crippen LogP contribution in [0.1, 0.15) is 27.2 Å². The third-order valence-corrected chi connectivity index (χ3v) is 2.82. The van der Waals surface area contributed by atoms with E-state index < -0.39 is 11.9 Å². The number of nitrogens with one attached hydrogen (secondary N) is 1. The molecule has 0 saturated heterocycles. The Morgan fingerprint density at radius 3 is 2.71 bits per heavy atom. The number of nitrogens with zero attached hydrogens (tertiary/aromatic N) is 2. The topological polar surface area (TPSA) is 105 Å². The summed E-state index contributed by atoms with van der Waals surface area (Å²) in [5.41, 5.74) is 2.24. The van der Waals surface area contributed by atoms with Gasteiger partial charge in [-0.1, -0.05) is 5.16 Å². The monoisotopic (exact) mass is 287 g/mol. The van der Waals surface area contributed by atoms with Crippen LogP contribution in [0.2, 0.25) is 0 Å². The molecular weight excluding hydrogens is 274 g/mol. The lowest BCUT2D eigenvalue weighted by Gasteiger charge is -2.03. The lowest BCUT2D eigenvalue weighted by molar-refractivity contribution is -0.131. The molecule has 0 saturated carbocycles. The summed E-state index contributed by atoms with van der Waals surface area (Å²) in [5.74, 6) is -1.20. The maximum absolute atomic E-state index is 12.1. The zero-order chi connectivity index (χ0) is 15.4. The normalized spacial score (nSPS) is 10.8. The van der Waals surface area contributed by atoms with E-state index in [1.165, 1.54) is 24.5 Å². The molecule has 1 amide bonds. The van der Waals surface area contributed by atoms with Crippen LogP contribution in [0.4, 0.5) is 5.88 Å². The van der Waals surface area contributed by atoms with Gasteiger partial charge in [0.05, 0.1) is 11.3 Å². The number of hydrogen-bond donors (Lipinski definition) is 2. The Bertz CT molecular complexity index is 719. The zero-order valence-corrected chi connectivity index (χ0v) is 11.5. The number of carbonyl (C=O) groups is 2. The summed E-state index contributed by atoms with van der Waals surface area (Å²) in [5, 5.41) is 14.9. The molecule has 0 aliphatic heterocycles. The molecule has 0 aliphatic rings. The molecular formula is C14H13N3O4. The molecule has 0 spiro atoms. The fourth-order valence-electron chi connectivity index (χ4n) is 1.55. The number of anilines is 1. The van der Waals surface area contributed by atoms with E-state index in [4.69, 9.17) is 9.63 Å². The summed E-state index contributed by atoms with van der Waals surface area (Å²) in [4.78, 5) is 26.5. The van der Waals surface area contributed by atoms with Crippen LogP contribution in [-0.4, -0.2) is 27.1 Å². The second-order valence-corrected chi connectivity index (χ2v) is 4.35. The standard InChI is InChI=1S/C14H13N3O4/c1-8-9(2)17-21-14(8)16-13(20)11-5-10(6-15-7-11)3-4-12(18)19/h3-7H,1-2H3,(H,16,20)(H,18,19). The van der Waals surface area contributed by atoms with Crippen molar-refractivity contribution < 1.29 is 19.2 Å². The Hall–Kier alpha value is -2.96. The predicted molar refractivity (Wildman–Crippen MR) is 74.8 cm³/mol. The van der Waals surface area contributed by atoms with Crippen LogP contribution >= 0.6 is 0 Å². The van der Waals surface area contributed by atoms with Crippen LogP contribution in [0.25, 0.3) is 6.08 Å². The van der Waals surface area contributed by atoms with Crippen molar-refractivity contribution in [1.82, 2.24) is 10.1 Å². The molecule has 0 radical (unpaired) electrons. The molecule has 0 bridgehead atoms. The molecule has 7 heteroatoms. The highest BCUT2D eigenvalue weighted by atomic mass is 16.5. The van der Waals surface area contributed by atoms with E-state index in [1.807, 2.05) is 0 Å². The van der Waals surface area contributed by atoms with Gasteiger partial charge in [0, 0.05) is 24.0 Å². The van der Waals surface area contributed by atoms with Crippen molar-refractivity contribution in [2.75, 3.05) is 5.32 Å². The van der Waals surface area contributed by atoms with E-state index >= 15 is 0 Å². The molecule has 0 unspecified atom stereocenters. The largest absolute Gasteiger partial charge is 0.478 e. The van der Waals surface area contributed by atoms with Crippen LogP contribution in [-0.2, 0) is 4.79 Å². The van der Waals surface area contributed by atoms with Crippen LogP contribution < -0.4 is 5.32 Å².